The second-order valence-corrected chi connectivity index (χ2v) is 2.31. The topological polar surface area (TPSA) is 3.24 Å². The third-order valence-electron chi connectivity index (χ3n) is 1.37. The first-order valence-corrected chi connectivity index (χ1v) is 2.92. The smallest absolute Gasteiger partial charge is 0.109 e. The van der Waals surface area contributed by atoms with Gasteiger partial charge in [-0.05, 0) is 13.5 Å². The summed E-state index contributed by atoms with van der Waals surface area (Å²) in [7, 11) is 7.63. The van der Waals surface area contributed by atoms with Gasteiger partial charge in [0.05, 0.1) is 0 Å². The predicted octanol–water partition coefficient (Wildman–Crippen LogP) is 0.374. The van der Waals surface area contributed by atoms with Crippen LogP contribution in [0, 0.1) is 0 Å². The van der Waals surface area contributed by atoms with Gasteiger partial charge in [0.1, 0.15) is 7.85 Å². The van der Waals surface area contributed by atoms with Crippen molar-refractivity contribution < 1.29 is 0 Å². The lowest BCUT2D eigenvalue weighted by Crippen LogP contribution is -2.25. The van der Waals surface area contributed by atoms with Gasteiger partial charge < -0.3 is 4.90 Å². The molecule has 1 nitrogen and oxygen atoms in total. The van der Waals surface area contributed by atoms with Gasteiger partial charge in [-0.1, -0.05) is 6.08 Å². The van der Waals surface area contributed by atoms with Gasteiger partial charge in [0.25, 0.3) is 0 Å². The Balaban J connectivity index is 2.45. The Morgan fingerprint density at radius 1 is 1.75 bits per heavy atom. The summed E-state index contributed by atoms with van der Waals surface area (Å²) in [4.78, 5) is 2.22. The standard InChI is InChI=1S/C6H10BN/c1-8-4-2-3-6(7)5-8/h3H,2,4-5H2,1H3. The Hall–Kier alpha value is -0.235. The molecule has 0 fully saturated rings. The van der Waals surface area contributed by atoms with Crippen molar-refractivity contribution in [1.29, 1.82) is 0 Å². The van der Waals surface area contributed by atoms with Crippen molar-refractivity contribution in [2.24, 2.45) is 0 Å². The highest BCUT2D eigenvalue weighted by atomic mass is 15.1. The van der Waals surface area contributed by atoms with Crippen molar-refractivity contribution in [2.45, 2.75) is 6.42 Å². The molecule has 2 heteroatoms. The Labute approximate surface area is 51.8 Å². The van der Waals surface area contributed by atoms with E-state index < -0.39 is 0 Å². The molecule has 0 saturated carbocycles. The van der Waals surface area contributed by atoms with Crippen LogP contribution in [0.2, 0.25) is 0 Å². The van der Waals surface area contributed by atoms with Gasteiger partial charge in [-0.15, -0.1) is 5.47 Å². The molecular weight excluding hydrogens is 96.9 g/mol. The monoisotopic (exact) mass is 107 g/mol. The molecule has 0 N–H and O–H groups in total. The van der Waals surface area contributed by atoms with Gasteiger partial charge in [0, 0.05) is 13.1 Å². The second kappa shape index (κ2) is 2.36. The quantitative estimate of drug-likeness (QED) is 0.404. The minimum Gasteiger partial charge on any atom is -0.303 e. The Kier molecular flexibility index (Phi) is 1.74. The molecular formula is C6H10BN. The Morgan fingerprint density at radius 2 is 2.50 bits per heavy atom. The highest BCUT2D eigenvalue weighted by Crippen LogP contribution is 2.02. The predicted molar refractivity (Wildman–Crippen MR) is 36.0 cm³/mol. The van der Waals surface area contributed by atoms with E-state index in [0.717, 1.165) is 25.0 Å². The zero-order valence-electron chi connectivity index (χ0n) is 5.22. The van der Waals surface area contributed by atoms with Gasteiger partial charge in [-0.3, -0.25) is 0 Å². The van der Waals surface area contributed by atoms with E-state index in [1.165, 1.54) is 0 Å². The van der Waals surface area contributed by atoms with Crippen LogP contribution in [0.3, 0.4) is 0 Å². The molecule has 42 valence electrons. The van der Waals surface area contributed by atoms with Gasteiger partial charge in [0.2, 0.25) is 0 Å². The SMILES string of the molecule is [B]C1=CCCN(C)C1. The fraction of sp³-hybridized carbons (Fsp3) is 0.667. The largest absolute Gasteiger partial charge is 0.303 e. The van der Waals surface area contributed by atoms with Gasteiger partial charge in [-0.2, -0.15) is 0 Å². The van der Waals surface area contributed by atoms with E-state index in [0.29, 0.717) is 0 Å². The summed E-state index contributed by atoms with van der Waals surface area (Å²) in [5.74, 6) is 0. The molecule has 0 aliphatic carbocycles. The molecule has 1 aliphatic rings. The van der Waals surface area contributed by atoms with Crippen molar-refractivity contribution in [3.05, 3.63) is 11.5 Å². The molecule has 0 unspecified atom stereocenters. The summed E-state index contributed by atoms with van der Waals surface area (Å²) >= 11 is 0. The van der Waals surface area contributed by atoms with Crippen LogP contribution in [0.1, 0.15) is 6.42 Å². The van der Waals surface area contributed by atoms with E-state index in [-0.39, 0.29) is 0 Å². The van der Waals surface area contributed by atoms with Crippen molar-refractivity contribution >= 4 is 7.85 Å². The first-order valence-electron chi connectivity index (χ1n) is 2.92. The van der Waals surface area contributed by atoms with E-state index in [1.807, 2.05) is 0 Å². The third-order valence-corrected chi connectivity index (χ3v) is 1.37. The fourth-order valence-corrected chi connectivity index (χ4v) is 0.926. The summed E-state index contributed by atoms with van der Waals surface area (Å²) in [5, 5.41) is 0. The average Bonchev–Trinajstić information content (AvgIpc) is 1.64. The molecule has 0 spiro atoms. The molecule has 0 saturated heterocycles. The number of nitrogens with zero attached hydrogens (tertiary/aromatic N) is 1. The normalized spacial score (nSPS) is 22.9. The number of likely N-dealkylation sites (N-methyl/N-ethyl adjacent to an activating group) is 1. The summed E-state index contributed by atoms with van der Waals surface area (Å²) in [6.07, 6.45) is 3.21. The highest BCUT2D eigenvalue weighted by Gasteiger charge is 2.01. The van der Waals surface area contributed by atoms with Crippen molar-refractivity contribution in [1.82, 2.24) is 4.90 Å². The first-order chi connectivity index (χ1) is 3.79. The molecule has 0 aromatic carbocycles. The lowest BCUT2D eigenvalue weighted by Gasteiger charge is -2.20. The van der Waals surface area contributed by atoms with E-state index in [1.54, 1.807) is 0 Å². The summed E-state index contributed by atoms with van der Waals surface area (Å²) < 4.78 is 0. The minimum absolute atomic E-state index is 0.944. The van der Waals surface area contributed by atoms with Crippen LogP contribution in [0.15, 0.2) is 11.5 Å². The zero-order chi connectivity index (χ0) is 5.98. The van der Waals surface area contributed by atoms with Crippen molar-refractivity contribution in [3.8, 4) is 0 Å². The van der Waals surface area contributed by atoms with E-state index in [4.69, 9.17) is 7.85 Å². The maximum atomic E-state index is 5.54. The van der Waals surface area contributed by atoms with Crippen LogP contribution < -0.4 is 0 Å². The lowest BCUT2D eigenvalue weighted by molar-refractivity contribution is 0.362. The molecule has 1 heterocycles. The fourth-order valence-electron chi connectivity index (χ4n) is 0.926. The van der Waals surface area contributed by atoms with Gasteiger partial charge in [-0.25, -0.2) is 0 Å². The van der Waals surface area contributed by atoms with Gasteiger partial charge >= 0.3 is 0 Å². The zero-order valence-corrected chi connectivity index (χ0v) is 5.22. The molecule has 1 aliphatic heterocycles. The molecule has 2 radical (unpaired) electrons. The number of rotatable bonds is 0. The van der Waals surface area contributed by atoms with Crippen LogP contribution in [0.5, 0.6) is 0 Å². The maximum absolute atomic E-state index is 5.54. The summed E-state index contributed by atoms with van der Waals surface area (Å²) in [6, 6.07) is 0. The molecule has 0 atom stereocenters. The van der Waals surface area contributed by atoms with E-state index in [9.17, 15) is 0 Å². The molecule has 8 heavy (non-hydrogen) atoms. The number of hydrogen-bond acceptors (Lipinski definition) is 1. The van der Waals surface area contributed by atoms with Crippen LogP contribution in [0.25, 0.3) is 0 Å². The Morgan fingerprint density at radius 3 is 2.88 bits per heavy atom. The lowest BCUT2D eigenvalue weighted by atomic mass is 9.92. The third kappa shape index (κ3) is 1.37. The summed E-state index contributed by atoms with van der Waals surface area (Å²) in [6.45, 7) is 2.10. The molecule has 0 bridgehead atoms. The average molecular weight is 107 g/mol. The first kappa shape index (κ1) is 5.89. The van der Waals surface area contributed by atoms with Gasteiger partial charge in [0.15, 0.2) is 0 Å². The maximum Gasteiger partial charge on any atom is 0.109 e. The van der Waals surface area contributed by atoms with Crippen LogP contribution in [0.4, 0.5) is 0 Å². The molecule has 0 aromatic rings. The highest BCUT2D eigenvalue weighted by molar-refractivity contribution is 6.21. The van der Waals surface area contributed by atoms with Crippen LogP contribution >= 0.6 is 0 Å². The Bertz CT molecular complexity index is 109. The summed E-state index contributed by atoms with van der Waals surface area (Å²) in [5.41, 5.74) is 1.01. The van der Waals surface area contributed by atoms with Crippen molar-refractivity contribution in [3.63, 3.8) is 0 Å². The van der Waals surface area contributed by atoms with E-state index in [2.05, 4.69) is 18.0 Å². The van der Waals surface area contributed by atoms with Crippen LogP contribution in [-0.2, 0) is 0 Å². The van der Waals surface area contributed by atoms with Crippen LogP contribution in [-0.4, -0.2) is 32.9 Å². The minimum atomic E-state index is 0.944. The second-order valence-electron chi connectivity index (χ2n) is 2.31. The molecule has 0 aromatic heterocycles. The van der Waals surface area contributed by atoms with Crippen molar-refractivity contribution in [2.75, 3.05) is 20.1 Å². The number of hydrogen-bond donors (Lipinski definition) is 0. The van der Waals surface area contributed by atoms with E-state index >= 15 is 0 Å². The molecule has 1 rings (SSSR count). The molecule has 0 amide bonds.